The molecule has 1 heterocycles. The Balaban J connectivity index is 2.06. The molecule has 0 saturated heterocycles. The van der Waals surface area contributed by atoms with Crippen molar-refractivity contribution < 1.29 is 9.53 Å². The molecule has 0 bridgehead atoms. The maximum absolute atomic E-state index is 11.2. The Bertz CT molecular complexity index is 566. The van der Waals surface area contributed by atoms with Crippen molar-refractivity contribution in [2.75, 3.05) is 18.5 Å². The predicted molar refractivity (Wildman–Crippen MR) is 81.0 cm³/mol. The molecule has 0 saturated carbocycles. The van der Waals surface area contributed by atoms with E-state index in [-0.39, 0.29) is 12.5 Å². The molecule has 0 fully saturated rings. The molecule has 2 aromatic rings. The highest BCUT2D eigenvalue weighted by Crippen LogP contribution is 2.26. The van der Waals surface area contributed by atoms with Crippen molar-refractivity contribution in [2.24, 2.45) is 5.73 Å². The summed E-state index contributed by atoms with van der Waals surface area (Å²) < 4.78 is 5.53. The summed E-state index contributed by atoms with van der Waals surface area (Å²) >= 11 is 1.38. The molecule has 0 unspecified atom stereocenters. The number of nitrogens with two attached hydrogens (primary N) is 1. The predicted octanol–water partition coefficient (Wildman–Crippen LogP) is 2.50. The SMILES string of the molecule is CCCOc1ccc(-c2csc(NC(=O)CN)n2)cc1. The molecule has 0 radical (unpaired) electrons. The third-order valence-corrected chi connectivity index (χ3v) is 3.32. The summed E-state index contributed by atoms with van der Waals surface area (Å²) in [5, 5.41) is 5.09. The normalized spacial score (nSPS) is 10.3. The van der Waals surface area contributed by atoms with Gasteiger partial charge in [0.1, 0.15) is 5.75 Å². The van der Waals surface area contributed by atoms with Crippen LogP contribution in [0.15, 0.2) is 29.6 Å². The van der Waals surface area contributed by atoms with Crippen LogP contribution in [-0.2, 0) is 4.79 Å². The summed E-state index contributed by atoms with van der Waals surface area (Å²) in [6.45, 7) is 2.74. The molecular weight excluding hydrogens is 274 g/mol. The zero-order valence-electron chi connectivity index (χ0n) is 11.3. The van der Waals surface area contributed by atoms with E-state index in [2.05, 4.69) is 17.2 Å². The van der Waals surface area contributed by atoms with Crippen molar-refractivity contribution in [3.8, 4) is 17.0 Å². The first-order chi connectivity index (χ1) is 9.72. The number of hydrogen-bond donors (Lipinski definition) is 2. The molecule has 6 heteroatoms. The fourth-order valence-electron chi connectivity index (χ4n) is 1.58. The number of carbonyl (C=O) groups excluding carboxylic acids is 1. The summed E-state index contributed by atoms with van der Waals surface area (Å²) in [7, 11) is 0. The first-order valence-corrected chi connectivity index (χ1v) is 7.29. The van der Waals surface area contributed by atoms with Crippen LogP contribution in [0.4, 0.5) is 5.13 Å². The van der Waals surface area contributed by atoms with Crippen molar-refractivity contribution in [1.82, 2.24) is 4.98 Å². The lowest BCUT2D eigenvalue weighted by atomic mass is 10.2. The third kappa shape index (κ3) is 3.79. The van der Waals surface area contributed by atoms with Crippen LogP contribution in [0.25, 0.3) is 11.3 Å². The minimum atomic E-state index is -0.241. The number of benzene rings is 1. The molecule has 0 atom stereocenters. The number of ether oxygens (including phenoxy) is 1. The Morgan fingerprint density at radius 1 is 1.40 bits per heavy atom. The lowest BCUT2D eigenvalue weighted by Gasteiger charge is -2.04. The van der Waals surface area contributed by atoms with Crippen LogP contribution in [0.3, 0.4) is 0 Å². The van der Waals surface area contributed by atoms with Crippen LogP contribution in [0.5, 0.6) is 5.75 Å². The molecule has 0 aliphatic carbocycles. The number of carbonyl (C=O) groups is 1. The van der Waals surface area contributed by atoms with Gasteiger partial charge in [-0.05, 0) is 30.7 Å². The monoisotopic (exact) mass is 291 g/mol. The van der Waals surface area contributed by atoms with Crippen LogP contribution in [-0.4, -0.2) is 24.0 Å². The minimum absolute atomic E-state index is 0.0433. The molecule has 1 aromatic carbocycles. The molecule has 1 amide bonds. The average Bonchev–Trinajstić information content (AvgIpc) is 2.94. The second-order valence-corrected chi connectivity index (χ2v) is 5.02. The molecule has 1 aromatic heterocycles. The highest BCUT2D eigenvalue weighted by atomic mass is 32.1. The maximum Gasteiger partial charge on any atom is 0.239 e. The topological polar surface area (TPSA) is 77.2 Å². The van der Waals surface area contributed by atoms with Crippen molar-refractivity contribution in [2.45, 2.75) is 13.3 Å². The molecule has 20 heavy (non-hydrogen) atoms. The lowest BCUT2D eigenvalue weighted by Crippen LogP contribution is -2.21. The van der Waals surface area contributed by atoms with Crippen molar-refractivity contribution in [3.63, 3.8) is 0 Å². The van der Waals surface area contributed by atoms with E-state index in [1.165, 1.54) is 11.3 Å². The van der Waals surface area contributed by atoms with Crippen LogP contribution in [0.1, 0.15) is 13.3 Å². The fourth-order valence-corrected chi connectivity index (χ4v) is 2.31. The number of amides is 1. The van der Waals surface area contributed by atoms with Gasteiger partial charge >= 0.3 is 0 Å². The van der Waals surface area contributed by atoms with Gasteiger partial charge in [-0.2, -0.15) is 0 Å². The number of aromatic nitrogens is 1. The van der Waals surface area contributed by atoms with Gasteiger partial charge in [0.15, 0.2) is 5.13 Å². The maximum atomic E-state index is 11.2. The van der Waals surface area contributed by atoms with Crippen LogP contribution < -0.4 is 15.8 Å². The van der Waals surface area contributed by atoms with Gasteiger partial charge in [0.2, 0.25) is 5.91 Å². The van der Waals surface area contributed by atoms with Gasteiger partial charge in [-0.3, -0.25) is 4.79 Å². The third-order valence-electron chi connectivity index (χ3n) is 2.56. The number of nitrogens with zero attached hydrogens (tertiary/aromatic N) is 1. The Kier molecular flexibility index (Phi) is 5.09. The fraction of sp³-hybridized carbons (Fsp3) is 0.286. The van der Waals surface area contributed by atoms with Gasteiger partial charge in [-0.1, -0.05) is 6.92 Å². The number of anilines is 1. The van der Waals surface area contributed by atoms with E-state index in [1.807, 2.05) is 29.6 Å². The first kappa shape index (κ1) is 14.5. The Hall–Kier alpha value is -1.92. The van der Waals surface area contributed by atoms with E-state index in [4.69, 9.17) is 10.5 Å². The van der Waals surface area contributed by atoms with Crippen LogP contribution in [0, 0.1) is 0 Å². The van der Waals surface area contributed by atoms with Gasteiger partial charge in [-0.15, -0.1) is 11.3 Å². The van der Waals surface area contributed by atoms with Gasteiger partial charge in [-0.25, -0.2) is 4.98 Å². The number of thiazole rings is 1. The van der Waals surface area contributed by atoms with E-state index < -0.39 is 0 Å². The molecule has 0 spiro atoms. The highest BCUT2D eigenvalue weighted by molar-refractivity contribution is 7.14. The smallest absolute Gasteiger partial charge is 0.239 e. The van der Waals surface area contributed by atoms with Gasteiger partial charge < -0.3 is 15.8 Å². The minimum Gasteiger partial charge on any atom is -0.494 e. The molecule has 5 nitrogen and oxygen atoms in total. The van der Waals surface area contributed by atoms with E-state index in [0.717, 1.165) is 23.4 Å². The molecule has 106 valence electrons. The second kappa shape index (κ2) is 7.02. The molecule has 0 aliphatic rings. The summed E-state index contributed by atoms with van der Waals surface area (Å²) in [6, 6.07) is 7.74. The Morgan fingerprint density at radius 2 is 2.15 bits per heavy atom. The van der Waals surface area contributed by atoms with Gasteiger partial charge in [0.25, 0.3) is 0 Å². The van der Waals surface area contributed by atoms with Crippen LogP contribution in [0.2, 0.25) is 0 Å². The van der Waals surface area contributed by atoms with Gasteiger partial charge in [0.05, 0.1) is 18.8 Å². The van der Waals surface area contributed by atoms with E-state index in [1.54, 1.807) is 0 Å². The van der Waals surface area contributed by atoms with Crippen molar-refractivity contribution in [3.05, 3.63) is 29.6 Å². The zero-order chi connectivity index (χ0) is 14.4. The van der Waals surface area contributed by atoms with E-state index >= 15 is 0 Å². The van der Waals surface area contributed by atoms with Crippen LogP contribution >= 0.6 is 11.3 Å². The van der Waals surface area contributed by atoms with E-state index in [9.17, 15) is 4.79 Å². The summed E-state index contributed by atoms with van der Waals surface area (Å²) in [4.78, 5) is 15.5. The number of hydrogen-bond acceptors (Lipinski definition) is 5. The van der Waals surface area contributed by atoms with Gasteiger partial charge in [0, 0.05) is 10.9 Å². The summed E-state index contributed by atoms with van der Waals surface area (Å²) in [5.74, 6) is 0.608. The number of nitrogens with one attached hydrogen (secondary N) is 1. The zero-order valence-corrected chi connectivity index (χ0v) is 12.1. The Morgan fingerprint density at radius 3 is 2.80 bits per heavy atom. The van der Waals surface area contributed by atoms with E-state index in [0.29, 0.717) is 11.7 Å². The molecule has 2 rings (SSSR count). The number of rotatable bonds is 6. The lowest BCUT2D eigenvalue weighted by molar-refractivity contribution is -0.114. The average molecular weight is 291 g/mol. The van der Waals surface area contributed by atoms with Crippen molar-refractivity contribution in [1.29, 1.82) is 0 Å². The largest absolute Gasteiger partial charge is 0.494 e. The molecule has 3 N–H and O–H groups in total. The summed E-state index contributed by atoms with van der Waals surface area (Å²) in [5.41, 5.74) is 7.05. The quantitative estimate of drug-likeness (QED) is 0.857. The summed E-state index contributed by atoms with van der Waals surface area (Å²) in [6.07, 6.45) is 0.984. The molecular formula is C14H17N3O2S. The second-order valence-electron chi connectivity index (χ2n) is 4.16. The van der Waals surface area contributed by atoms with Crippen molar-refractivity contribution >= 4 is 22.4 Å². The Labute approximate surface area is 121 Å². The standard InChI is InChI=1S/C14H17N3O2S/c1-2-7-19-11-5-3-10(4-6-11)12-9-20-14(16-12)17-13(18)8-15/h3-6,9H,2,7-8,15H2,1H3,(H,16,17,18). The molecule has 0 aliphatic heterocycles. The first-order valence-electron chi connectivity index (χ1n) is 6.41. The highest BCUT2D eigenvalue weighted by Gasteiger charge is 2.07.